The summed E-state index contributed by atoms with van der Waals surface area (Å²) in [6.45, 7) is 2.57. The maximum atomic E-state index is 13.7. The van der Waals surface area contributed by atoms with Crippen LogP contribution in [-0.4, -0.2) is 53.2 Å². The van der Waals surface area contributed by atoms with Crippen molar-refractivity contribution in [2.75, 3.05) is 31.6 Å². The van der Waals surface area contributed by atoms with Gasteiger partial charge in [-0.1, -0.05) is 12.1 Å². The number of aromatic nitrogens is 2. The van der Waals surface area contributed by atoms with Crippen LogP contribution in [0.1, 0.15) is 41.4 Å². The largest absolute Gasteiger partial charge is 0.381 e. The highest BCUT2D eigenvalue weighted by Gasteiger charge is 2.31. The third-order valence-electron chi connectivity index (χ3n) is 5.48. The van der Waals surface area contributed by atoms with Crippen molar-refractivity contribution in [1.29, 1.82) is 0 Å². The van der Waals surface area contributed by atoms with E-state index >= 15 is 0 Å². The lowest BCUT2D eigenvalue weighted by Gasteiger charge is -2.32. The number of halogens is 1. The smallest absolute Gasteiger partial charge is 0.276 e. The van der Waals surface area contributed by atoms with Crippen molar-refractivity contribution in [3.05, 3.63) is 47.5 Å². The Balaban J connectivity index is 1.34. The van der Waals surface area contributed by atoms with E-state index in [4.69, 9.17) is 4.74 Å². The first kappa shape index (κ1) is 18.6. The Morgan fingerprint density at radius 2 is 2.00 bits per heavy atom. The number of H-pyrrole nitrogens is 1. The van der Waals surface area contributed by atoms with Gasteiger partial charge in [0.2, 0.25) is 5.91 Å². The lowest BCUT2D eigenvalue weighted by molar-refractivity contribution is -0.136. The number of hydrogen-bond acceptors (Lipinski definition) is 4. The van der Waals surface area contributed by atoms with Gasteiger partial charge < -0.3 is 15.0 Å². The molecule has 0 bridgehead atoms. The minimum Gasteiger partial charge on any atom is -0.381 e. The Morgan fingerprint density at radius 1 is 1.21 bits per heavy atom. The monoisotopic (exact) mass is 386 g/mol. The summed E-state index contributed by atoms with van der Waals surface area (Å²) in [4.78, 5) is 26.7. The number of carbonyl (C=O) groups excluding carboxylic acids is 2. The van der Waals surface area contributed by atoms with Gasteiger partial charge in [0.05, 0.1) is 18.2 Å². The van der Waals surface area contributed by atoms with Crippen LogP contribution >= 0.6 is 0 Å². The van der Waals surface area contributed by atoms with E-state index in [2.05, 4.69) is 15.5 Å². The number of likely N-dealkylation sites (tertiary alicyclic amines) is 1. The maximum Gasteiger partial charge on any atom is 0.276 e. The van der Waals surface area contributed by atoms with Crippen molar-refractivity contribution in [3.8, 4) is 0 Å². The summed E-state index contributed by atoms with van der Waals surface area (Å²) in [5.41, 5.74) is 1.22. The molecular weight excluding hydrogens is 363 g/mol. The number of rotatable bonds is 4. The van der Waals surface area contributed by atoms with Gasteiger partial charge in [-0.25, -0.2) is 4.39 Å². The van der Waals surface area contributed by atoms with E-state index in [9.17, 15) is 14.0 Å². The first-order valence-corrected chi connectivity index (χ1v) is 9.59. The molecule has 148 valence electrons. The predicted molar refractivity (Wildman–Crippen MR) is 100 cm³/mol. The third kappa shape index (κ3) is 3.91. The fourth-order valence-corrected chi connectivity index (χ4v) is 3.81. The summed E-state index contributed by atoms with van der Waals surface area (Å²) < 4.78 is 19.0. The molecule has 7 nitrogen and oxygen atoms in total. The highest BCUT2D eigenvalue weighted by Crippen LogP contribution is 2.29. The first-order chi connectivity index (χ1) is 13.6. The maximum absolute atomic E-state index is 13.7. The Hall–Kier alpha value is -2.74. The predicted octanol–water partition coefficient (Wildman–Crippen LogP) is 2.54. The Morgan fingerprint density at radius 3 is 2.71 bits per heavy atom. The molecule has 2 aromatic rings. The number of aromatic amines is 1. The quantitative estimate of drug-likeness (QED) is 0.845. The number of nitrogens with zero attached hydrogens (tertiary/aromatic N) is 2. The van der Waals surface area contributed by atoms with E-state index in [1.165, 1.54) is 12.1 Å². The second kappa shape index (κ2) is 8.10. The van der Waals surface area contributed by atoms with Crippen LogP contribution < -0.4 is 5.32 Å². The molecule has 28 heavy (non-hydrogen) atoms. The highest BCUT2D eigenvalue weighted by atomic mass is 19.1. The number of ether oxygens (including phenoxy) is 1. The van der Waals surface area contributed by atoms with E-state index in [0.717, 1.165) is 25.0 Å². The molecule has 0 spiro atoms. The standard InChI is InChI=1S/C20H23FN4O3/c21-15-3-1-2-4-16(15)22-19(26)18-11-17(23-24-18)13-5-8-25(9-6-13)20(27)14-7-10-28-12-14/h1-4,11,13-14H,5-10,12H2,(H,22,26)(H,23,24)/t14-/m0/s1. The van der Waals surface area contributed by atoms with Crippen LogP contribution in [0, 0.1) is 11.7 Å². The lowest BCUT2D eigenvalue weighted by Crippen LogP contribution is -2.41. The van der Waals surface area contributed by atoms with Gasteiger partial charge in [0.25, 0.3) is 5.91 Å². The fourth-order valence-electron chi connectivity index (χ4n) is 3.81. The van der Waals surface area contributed by atoms with Crippen molar-refractivity contribution in [2.24, 2.45) is 5.92 Å². The van der Waals surface area contributed by atoms with Crippen molar-refractivity contribution in [2.45, 2.75) is 25.2 Å². The number of hydrogen-bond donors (Lipinski definition) is 2. The molecule has 0 aliphatic carbocycles. The normalized spacial score (nSPS) is 20.3. The second-order valence-electron chi connectivity index (χ2n) is 7.30. The van der Waals surface area contributed by atoms with Gasteiger partial charge in [0.1, 0.15) is 5.82 Å². The number of anilines is 1. The van der Waals surface area contributed by atoms with E-state index in [1.54, 1.807) is 18.2 Å². The number of piperidine rings is 1. The summed E-state index contributed by atoms with van der Waals surface area (Å²) >= 11 is 0. The lowest BCUT2D eigenvalue weighted by atomic mass is 9.92. The highest BCUT2D eigenvalue weighted by molar-refractivity contribution is 6.03. The molecule has 4 rings (SSSR count). The van der Waals surface area contributed by atoms with Gasteiger partial charge in [-0.3, -0.25) is 14.7 Å². The van der Waals surface area contributed by atoms with E-state index < -0.39 is 11.7 Å². The van der Waals surface area contributed by atoms with Gasteiger partial charge in [0, 0.05) is 31.3 Å². The van der Waals surface area contributed by atoms with Crippen molar-refractivity contribution in [1.82, 2.24) is 15.1 Å². The van der Waals surface area contributed by atoms with E-state index in [1.807, 2.05) is 4.90 Å². The Labute approximate surface area is 162 Å². The molecule has 8 heteroatoms. The summed E-state index contributed by atoms with van der Waals surface area (Å²) in [6.07, 6.45) is 2.44. The SMILES string of the molecule is O=C(Nc1ccccc1F)c1cc(C2CCN(C(=O)[C@H]3CCOC3)CC2)[nH]n1. The van der Waals surface area contributed by atoms with E-state index in [-0.39, 0.29) is 29.1 Å². The summed E-state index contributed by atoms with van der Waals surface area (Å²) in [7, 11) is 0. The minimum atomic E-state index is -0.490. The molecule has 2 aliphatic rings. The van der Waals surface area contributed by atoms with Gasteiger partial charge >= 0.3 is 0 Å². The Kier molecular flexibility index (Phi) is 5.38. The zero-order chi connectivity index (χ0) is 19.5. The third-order valence-corrected chi connectivity index (χ3v) is 5.48. The number of carbonyl (C=O) groups is 2. The number of nitrogens with one attached hydrogen (secondary N) is 2. The molecule has 2 saturated heterocycles. The summed E-state index contributed by atoms with van der Waals surface area (Å²) in [5.74, 6) is -0.549. The van der Waals surface area contributed by atoms with Crippen molar-refractivity contribution >= 4 is 17.5 Å². The molecule has 2 aliphatic heterocycles. The zero-order valence-corrected chi connectivity index (χ0v) is 15.5. The second-order valence-corrected chi connectivity index (χ2v) is 7.30. The molecule has 0 radical (unpaired) electrons. The molecule has 1 aromatic carbocycles. The van der Waals surface area contributed by atoms with Crippen LogP contribution in [0.3, 0.4) is 0 Å². The van der Waals surface area contributed by atoms with Crippen molar-refractivity contribution in [3.63, 3.8) is 0 Å². The summed E-state index contributed by atoms with van der Waals surface area (Å²) in [6, 6.07) is 7.72. The fraction of sp³-hybridized carbons (Fsp3) is 0.450. The molecule has 3 heterocycles. The van der Waals surface area contributed by atoms with Crippen LogP contribution in [0.25, 0.3) is 0 Å². The van der Waals surface area contributed by atoms with Gasteiger partial charge in [-0.2, -0.15) is 5.10 Å². The number of amides is 2. The molecular formula is C20H23FN4O3. The van der Waals surface area contributed by atoms with Crippen LogP contribution in [-0.2, 0) is 9.53 Å². The number of benzene rings is 1. The average molecular weight is 386 g/mol. The molecule has 2 N–H and O–H groups in total. The first-order valence-electron chi connectivity index (χ1n) is 9.59. The van der Waals surface area contributed by atoms with Crippen LogP contribution in [0.4, 0.5) is 10.1 Å². The van der Waals surface area contributed by atoms with Crippen LogP contribution in [0.5, 0.6) is 0 Å². The van der Waals surface area contributed by atoms with E-state index in [0.29, 0.717) is 26.3 Å². The molecule has 0 saturated carbocycles. The molecule has 1 atom stereocenters. The Bertz CT molecular complexity index is 855. The molecule has 2 fully saturated rings. The zero-order valence-electron chi connectivity index (χ0n) is 15.5. The molecule has 0 unspecified atom stereocenters. The molecule has 1 aromatic heterocycles. The minimum absolute atomic E-state index is 0.00242. The van der Waals surface area contributed by atoms with Gasteiger partial charge in [0.15, 0.2) is 5.69 Å². The summed E-state index contributed by atoms with van der Waals surface area (Å²) in [5, 5.41) is 9.54. The van der Waals surface area contributed by atoms with Crippen LogP contribution in [0.2, 0.25) is 0 Å². The van der Waals surface area contributed by atoms with Crippen LogP contribution in [0.15, 0.2) is 30.3 Å². The topological polar surface area (TPSA) is 87.3 Å². The van der Waals surface area contributed by atoms with Gasteiger partial charge in [-0.05, 0) is 37.5 Å². The molecule has 2 amide bonds. The van der Waals surface area contributed by atoms with Crippen molar-refractivity contribution < 1.29 is 18.7 Å². The average Bonchev–Trinajstić information content (AvgIpc) is 3.42. The number of para-hydroxylation sites is 1. The van der Waals surface area contributed by atoms with Gasteiger partial charge in [-0.15, -0.1) is 0 Å².